The molecule has 4 rings (SSSR count). The minimum Gasteiger partial charge on any atom is -0.366 e. The second-order valence-corrected chi connectivity index (χ2v) is 7.75. The average molecular weight is 321 g/mol. The van der Waals surface area contributed by atoms with Crippen molar-refractivity contribution in [3.63, 3.8) is 0 Å². The van der Waals surface area contributed by atoms with Gasteiger partial charge >= 0.3 is 0 Å². The molecule has 1 N–H and O–H groups in total. The van der Waals surface area contributed by atoms with E-state index in [-0.39, 0.29) is 5.91 Å². The molecule has 0 aromatic rings. The van der Waals surface area contributed by atoms with Crippen molar-refractivity contribution >= 4 is 5.91 Å². The van der Waals surface area contributed by atoms with Gasteiger partial charge in [0.15, 0.2) is 0 Å². The maximum absolute atomic E-state index is 12.5. The van der Waals surface area contributed by atoms with Gasteiger partial charge in [0.1, 0.15) is 6.61 Å². The van der Waals surface area contributed by atoms with Gasteiger partial charge in [0.2, 0.25) is 5.91 Å². The highest BCUT2D eigenvalue weighted by Gasteiger charge is 2.42. The van der Waals surface area contributed by atoms with Crippen molar-refractivity contribution in [2.45, 2.75) is 75.6 Å². The number of likely N-dealkylation sites (tertiary alicyclic amines) is 1. The Kier molecular flexibility index (Phi) is 4.88. The summed E-state index contributed by atoms with van der Waals surface area (Å²) >= 11 is 0. The van der Waals surface area contributed by atoms with Gasteiger partial charge in [-0.2, -0.15) is 0 Å². The fourth-order valence-electron chi connectivity index (χ4n) is 5.20. The second-order valence-electron chi connectivity index (χ2n) is 7.75. The molecular formula is C18H31N3O2. The Bertz CT molecular complexity index is 416. The molecule has 3 aliphatic heterocycles. The first-order chi connectivity index (χ1) is 11.3. The number of ether oxygens (including phenoxy) is 1. The number of amides is 1. The van der Waals surface area contributed by atoms with Gasteiger partial charge in [-0.25, -0.2) is 0 Å². The fourth-order valence-corrected chi connectivity index (χ4v) is 5.20. The lowest BCUT2D eigenvalue weighted by Gasteiger charge is -2.50. The topological polar surface area (TPSA) is 44.8 Å². The minimum atomic E-state index is 0.244. The summed E-state index contributed by atoms with van der Waals surface area (Å²) in [7, 11) is 0. The van der Waals surface area contributed by atoms with E-state index in [1.807, 2.05) is 0 Å². The number of piperidine rings is 2. The molecule has 0 aromatic heterocycles. The maximum atomic E-state index is 12.5. The Labute approximate surface area is 139 Å². The molecule has 0 spiro atoms. The third-order valence-electron chi connectivity index (χ3n) is 6.45. The van der Waals surface area contributed by atoms with Crippen LogP contribution in [0, 0.1) is 0 Å². The van der Waals surface area contributed by atoms with Crippen LogP contribution in [0.15, 0.2) is 0 Å². The van der Waals surface area contributed by atoms with Crippen LogP contribution in [0.1, 0.15) is 51.4 Å². The third kappa shape index (κ3) is 3.28. The number of hydrogen-bond donors (Lipinski definition) is 1. The Morgan fingerprint density at radius 3 is 2.43 bits per heavy atom. The second kappa shape index (κ2) is 7.08. The lowest BCUT2D eigenvalue weighted by molar-refractivity contribution is -0.167. The zero-order valence-electron chi connectivity index (χ0n) is 14.2. The van der Waals surface area contributed by atoms with Crippen LogP contribution in [0.4, 0.5) is 0 Å². The van der Waals surface area contributed by atoms with E-state index in [2.05, 4.69) is 15.1 Å². The van der Waals surface area contributed by atoms with Gasteiger partial charge in [-0.15, -0.1) is 0 Å². The van der Waals surface area contributed by atoms with Gasteiger partial charge < -0.3 is 19.9 Å². The molecule has 0 bridgehead atoms. The van der Waals surface area contributed by atoms with Crippen LogP contribution >= 0.6 is 0 Å². The molecular weight excluding hydrogens is 290 g/mol. The Morgan fingerprint density at radius 1 is 0.913 bits per heavy atom. The normalized spacial score (nSPS) is 35.3. The molecule has 3 heterocycles. The van der Waals surface area contributed by atoms with Crippen LogP contribution in [0.25, 0.3) is 0 Å². The molecule has 130 valence electrons. The van der Waals surface area contributed by atoms with Gasteiger partial charge in [0.05, 0.1) is 12.1 Å². The van der Waals surface area contributed by atoms with Crippen molar-refractivity contribution in [1.82, 2.24) is 15.1 Å². The molecule has 0 unspecified atom stereocenters. The van der Waals surface area contributed by atoms with Crippen molar-refractivity contribution in [2.75, 3.05) is 32.8 Å². The standard InChI is InChI=1S/C18H31N3O2/c22-18-13-23-17-4-2-1-3-16(17)21(18)15-7-11-20(12-8-15)14-5-9-19-10-6-14/h14-17,19H,1-13H2/t16-,17-/m0/s1. The van der Waals surface area contributed by atoms with Gasteiger partial charge in [-0.1, -0.05) is 12.8 Å². The van der Waals surface area contributed by atoms with Gasteiger partial charge in [-0.05, 0) is 51.6 Å². The first-order valence-corrected chi connectivity index (χ1v) is 9.70. The van der Waals surface area contributed by atoms with Crippen LogP contribution in [0.3, 0.4) is 0 Å². The molecule has 1 saturated carbocycles. The molecule has 0 radical (unpaired) electrons. The fraction of sp³-hybridized carbons (Fsp3) is 0.944. The highest BCUT2D eigenvalue weighted by molar-refractivity contribution is 5.79. The van der Waals surface area contributed by atoms with E-state index in [9.17, 15) is 4.79 Å². The summed E-state index contributed by atoms with van der Waals surface area (Å²) in [4.78, 5) is 17.4. The lowest BCUT2D eigenvalue weighted by atomic mass is 9.87. The molecule has 0 aromatic carbocycles. The minimum absolute atomic E-state index is 0.244. The molecule has 4 fully saturated rings. The number of hydrogen-bond acceptors (Lipinski definition) is 4. The number of rotatable bonds is 2. The Hall–Kier alpha value is -0.650. The number of nitrogens with zero attached hydrogens (tertiary/aromatic N) is 2. The number of fused-ring (bicyclic) bond motifs is 1. The van der Waals surface area contributed by atoms with Crippen LogP contribution < -0.4 is 5.32 Å². The van der Waals surface area contributed by atoms with Crippen molar-refractivity contribution in [3.05, 3.63) is 0 Å². The first kappa shape index (κ1) is 15.9. The molecule has 1 aliphatic carbocycles. The number of carbonyl (C=O) groups excluding carboxylic acids is 1. The van der Waals surface area contributed by atoms with Crippen LogP contribution in [-0.4, -0.2) is 72.7 Å². The zero-order chi connectivity index (χ0) is 15.6. The summed E-state index contributed by atoms with van der Waals surface area (Å²) in [5.74, 6) is 0.244. The van der Waals surface area contributed by atoms with E-state index in [0.29, 0.717) is 24.8 Å². The summed E-state index contributed by atoms with van der Waals surface area (Å²) in [6.07, 6.45) is 9.98. The summed E-state index contributed by atoms with van der Waals surface area (Å²) in [6, 6.07) is 1.58. The monoisotopic (exact) mass is 321 g/mol. The number of nitrogens with one attached hydrogen (secondary N) is 1. The van der Waals surface area contributed by atoms with Gasteiger partial charge in [0.25, 0.3) is 0 Å². The van der Waals surface area contributed by atoms with Crippen LogP contribution in [0.5, 0.6) is 0 Å². The first-order valence-electron chi connectivity index (χ1n) is 9.70. The van der Waals surface area contributed by atoms with E-state index in [1.165, 1.54) is 25.7 Å². The Morgan fingerprint density at radius 2 is 1.65 bits per heavy atom. The highest BCUT2D eigenvalue weighted by Crippen LogP contribution is 2.33. The average Bonchev–Trinajstić information content (AvgIpc) is 2.63. The van der Waals surface area contributed by atoms with Crippen LogP contribution in [0.2, 0.25) is 0 Å². The predicted octanol–water partition coefficient (Wildman–Crippen LogP) is 1.37. The third-order valence-corrected chi connectivity index (χ3v) is 6.45. The molecule has 1 amide bonds. The van der Waals surface area contributed by atoms with Crippen molar-refractivity contribution in [3.8, 4) is 0 Å². The van der Waals surface area contributed by atoms with E-state index in [0.717, 1.165) is 57.9 Å². The van der Waals surface area contributed by atoms with Crippen molar-refractivity contribution in [2.24, 2.45) is 0 Å². The van der Waals surface area contributed by atoms with Crippen molar-refractivity contribution < 1.29 is 9.53 Å². The molecule has 2 atom stereocenters. The smallest absolute Gasteiger partial charge is 0.249 e. The maximum Gasteiger partial charge on any atom is 0.249 e. The highest BCUT2D eigenvalue weighted by atomic mass is 16.5. The van der Waals surface area contributed by atoms with E-state index in [1.54, 1.807) is 0 Å². The molecule has 23 heavy (non-hydrogen) atoms. The van der Waals surface area contributed by atoms with Crippen molar-refractivity contribution in [1.29, 1.82) is 0 Å². The lowest BCUT2D eigenvalue weighted by Crippen LogP contribution is -2.61. The molecule has 3 saturated heterocycles. The number of carbonyl (C=O) groups is 1. The quantitative estimate of drug-likeness (QED) is 0.834. The summed E-state index contributed by atoms with van der Waals surface area (Å²) in [5.41, 5.74) is 0. The van der Waals surface area contributed by atoms with E-state index in [4.69, 9.17) is 4.74 Å². The number of morpholine rings is 1. The van der Waals surface area contributed by atoms with E-state index >= 15 is 0 Å². The zero-order valence-corrected chi connectivity index (χ0v) is 14.2. The van der Waals surface area contributed by atoms with Crippen LogP contribution in [-0.2, 0) is 9.53 Å². The Balaban J connectivity index is 1.37. The molecule has 5 nitrogen and oxygen atoms in total. The predicted molar refractivity (Wildman–Crippen MR) is 89.3 cm³/mol. The molecule has 5 heteroatoms. The largest absolute Gasteiger partial charge is 0.366 e. The molecule has 4 aliphatic rings. The SMILES string of the molecule is O=C1CO[C@H]2CCCC[C@@H]2N1C1CCN(C2CCNCC2)CC1. The van der Waals surface area contributed by atoms with Gasteiger partial charge in [-0.3, -0.25) is 4.79 Å². The van der Waals surface area contributed by atoms with Gasteiger partial charge in [0, 0.05) is 25.2 Å². The summed E-state index contributed by atoms with van der Waals surface area (Å²) < 4.78 is 5.82. The van der Waals surface area contributed by atoms with E-state index < -0.39 is 0 Å². The summed E-state index contributed by atoms with van der Waals surface area (Å²) in [6.45, 7) is 4.97. The summed E-state index contributed by atoms with van der Waals surface area (Å²) in [5, 5.41) is 3.46.